The van der Waals surface area contributed by atoms with E-state index in [1.54, 1.807) is 0 Å². The predicted octanol–water partition coefficient (Wildman–Crippen LogP) is 1.73. The third-order valence-electron chi connectivity index (χ3n) is 2.67. The summed E-state index contributed by atoms with van der Waals surface area (Å²) in [7, 11) is 1.66. The number of nitrogens with zero attached hydrogens (tertiary/aromatic N) is 1. The lowest BCUT2D eigenvalue weighted by Crippen LogP contribution is -2.39. The zero-order chi connectivity index (χ0) is 10.6. The van der Waals surface area contributed by atoms with Gasteiger partial charge in [0.25, 0.3) is 0 Å². The first kappa shape index (κ1) is 11.7. The Labute approximate surface area is 89.1 Å². The third-order valence-corrected chi connectivity index (χ3v) is 3.92. The van der Waals surface area contributed by atoms with Gasteiger partial charge >= 0.3 is 6.09 Å². The molecule has 1 amide bonds. The number of amides is 1. The summed E-state index contributed by atoms with van der Waals surface area (Å²) in [6, 6.07) is 0. The molecule has 0 radical (unpaired) electrons. The SMILES string of the molecule is COC(=O)N1CCC(C[SH](C)C)CC1. The van der Waals surface area contributed by atoms with Crippen LogP contribution in [0.1, 0.15) is 12.8 Å². The van der Waals surface area contributed by atoms with E-state index < -0.39 is 0 Å². The van der Waals surface area contributed by atoms with Gasteiger partial charge in [0.05, 0.1) is 7.11 Å². The van der Waals surface area contributed by atoms with E-state index in [0.717, 1.165) is 31.8 Å². The number of piperidine rings is 1. The molecule has 1 aliphatic rings. The zero-order valence-corrected chi connectivity index (χ0v) is 10.2. The van der Waals surface area contributed by atoms with Crippen LogP contribution in [0.5, 0.6) is 0 Å². The Hall–Kier alpha value is -0.380. The minimum atomic E-state index is -0.168. The Balaban J connectivity index is 2.27. The Morgan fingerprint density at radius 1 is 1.43 bits per heavy atom. The van der Waals surface area contributed by atoms with Crippen LogP contribution in [0.15, 0.2) is 0 Å². The molecule has 84 valence electrons. The van der Waals surface area contributed by atoms with E-state index >= 15 is 0 Å². The first-order valence-corrected chi connectivity index (χ1v) is 7.53. The van der Waals surface area contributed by atoms with E-state index in [2.05, 4.69) is 12.5 Å². The standard InChI is InChI=1S/C10H21NO2S/c1-13-10(12)11-6-4-9(5-7-11)8-14(2)3/h9,14H,4-8H2,1-3H3. The van der Waals surface area contributed by atoms with Gasteiger partial charge < -0.3 is 9.64 Å². The summed E-state index contributed by atoms with van der Waals surface area (Å²) in [4.78, 5) is 13.0. The van der Waals surface area contributed by atoms with Gasteiger partial charge in [0.15, 0.2) is 0 Å². The van der Waals surface area contributed by atoms with Crippen molar-refractivity contribution in [1.82, 2.24) is 4.90 Å². The maximum Gasteiger partial charge on any atom is 0.409 e. The Morgan fingerprint density at radius 3 is 2.43 bits per heavy atom. The van der Waals surface area contributed by atoms with Crippen LogP contribution in [-0.4, -0.2) is 49.5 Å². The van der Waals surface area contributed by atoms with E-state index in [1.807, 2.05) is 4.90 Å². The molecule has 0 aliphatic carbocycles. The number of methoxy groups -OCH3 is 1. The van der Waals surface area contributed by atoms with Gasteiger partial charge in [-0.3, -0.25) is 10.9 Å². The molecule has 0 bridgehead atoms. The van der Waals surface area contributed by atoms with Gasteiger partial charge in [0.2, 0.25) is 0 Å². The Morgan fingerprint density at radius 2 is 2.00 bits per heavy atom. The number of rotatable bonds is 2. The molecule has 14 heavy (non-hydrogen) atoms. The van der Waals surface area contributed by atoms with Crippen LogP contribution in [0, 0.1) is 5.92 Å². The molecule has 3 nitrogen and oxygen atoms in total. The van der Waals surface area contributed by atoms with Gasteiger partial charge in [-0.25, -0.2) is 4.79 Å². The number of likely N-dealkylation sites (tertiary alicyclic amines) is 1. The molecule has 4 heteroatoms. The van der Waals surface area contributed by atoms with Crippen molar-refractivity contribution in [2.75, 3.05) is 38.5 Å². The first-order valence-electron chi connectivity index (χ1n) is 5.11. The molecule has 0 N–H and O–H groups in total. The summed E-state index contributed by atoms with van der Waals surface area (Å²) in [6.07, 6.45) is 6.77. The van der Waals surface area contributed by atoms with Gasteiger partial charge in [-0.15, -0.1) is 0 Å². The molecular weight excluding hydrogens is 198 g/mol. The molecule has 0 aromatic heterocycles. The van der Waals surface area contributed by atoms with E-state index in [-0.39, 0.29) is 17.0 Å². The van der Waals surface area contributed by atoms with Crippen molar-refractivity contribution in [3.05, 3.63) is 0 Å². The fourth-order valence-corrected chi connectivity index (χ4v) is 3.34. The van der Waals surface area contributed by atoms with Gasteiger partial charge in [-0.05, 0) is 37.0 Å². The van der Waals surface area contributed by atoms with Crippen LogP contribution in [0.4, 0.5) is 4.79 Å². The van der Waals surface area contributed by atoms with Crippen LogP contribution >= 0.6 is 10.9 Å². The third kappa shape index (κ3) is 3.40. The van der Waals surface area contributed by atoms with Gasteiger partial charge in [-0.2, -0.15) is 0 Å². The molecular formula is C10H21NO2S. The summed E-state index contributed by atoms with van der Waals surface area (Å²) in [5, 5.41) is 0. The highest BCUT2D eigenvalue weighted by atomic mass is 32.2. The summed E-state index contributed by atoms with van der Waals surface area (Å²) >= 11 is 0. The summed E-state index contributed by atoms with van der Waals surface area (Å²) in [6.45, 7) is 1.75. The molecule has 0 aromatic rings. The fourth-order valence-electron chi connectivity index (χ4n) is 1.94. The number of thiol groups is 1. The minimum absolute atomic E-state index is 0.168. The molecule has 0 atom stereocenters. The molecule has 1 aliphatic heterocycles. The van der Waals surface area contributed by atoms with E-state index in [4.69, 9.17) is 4.74 Å². The highest BCUT2D eigenvalue weighted by Crippen LogP contribution is 2.26. The highest BCUT2D eigenvalue weighted by molar-refractivity contribution is 8.15. The Kier molecular flexibility index (Phi) is 4.58. The van der Waals surface area contributed by atoms with E-state index in [9.17, 15) is 4.79 Å². The highest BCUT2D eigenvalue weighted by Gasteiger charge is 2.22. The number of hydrogen-bond donors (Lipinski definition) is 1. The summed E-state index contributed by atoms with van der Waals surface area (Å²) in [5.74, 6) is 2.18. The van der Waals surface area contributed by atoms with E-state index in [0.29, 0.717) is 0 Å². The summed E-state index contributed by atoms with van der Waals surface area (Å²) in [5.41, 5.74) is 0. The molecule has 1 fully saturated rings. The predicted molar refractivity (Wildman–Crippen MR) is 62.4 cm³/mol. The second kappa shape index (κ2) is 5.49. The van der Waals surface area contributed by atoms with Crippen molar-refractivity contribution < 1.29 is 9.53 Å². The Bertz CT molecular complexity index is 189. The summed E-state index contributed by atoms with van der Waals surface area (Å²) < 4.78 is 4.70. The maximum atomic E-state index is 11.2. The van der Waals surface area contributed by atoms with E-state index in [1.165, 1.54) is 12.9 Å². The van der Waals surface area contributed by atoms with Crippen LogP contribution in [0.25, 0.3) is 0 Å². The number of ether oxygens (including phenoxy) is 1. The number of carbonyl (C=O) groups excluding carboxylic acids is 1. The molecule has 1 heterocycles. The topological polar surface area (TPSA) is 29.5 Å². The monoisotopic (exact) mass is 219 g/mol. The lowest BCUT2D eigenvalue weighted by atomic mass is 9.99. The molecule has 0 aromatic carbocycles. The van der Waals surface area contributed by atoms with Gasteiger partial charge in [0, 0.05) is 13.1 Å². The average molecular weight is 219 g/mol. The van der Waals surface area contributed by atoms with Crippen molar-refractivity contribution in [2.45, 2.75) is 12.8 Å². The van der Waals surface area contributed by atoms with Crippen molar-refractivity contribution in [3.8, 4) is 0 Å². The minimum Gasteiger partial charge on any atom is -0.453 e. The normalized spacial score (nSPS) is 19.4. The molecule has 1 saturated heterocycles. The molecule has 0 saturated carbocycles. The lowest BCUT2D eigenvalue weighted by molar-refractivity contribution is 0.108. The smallest absolute Gasteiger partial charge is 0.409 e. The van der Waals surface area contributed by atoms with Crippen LogP contribution < -0.4 is 0 Å². The van der Waals surface area contributed by atoms with Crippen molar-refractivity contribution in [3.63, 3.8) is 0 Å². The molecule has 0 spiro atoms. The second-order valence-corrected chi connectivity index (χ2v) is 6.69. The largest absolute Gasteiger partial charge is 0.453 e. The first-order chi connectivity index (χ1) is 6.63. The quantitative estimate of drug-likeness (QED) is 0.717. The van der Waals surface area contributed by atoms with Crippen LogP contribution in [0.2, 0.25) is 0 Å². The zero-order valence-electron chi connectivity index (χ0n) is 9.32. The van der Waals surface area contributed by atoms with Gasteiger partial charge in [-0.1, -0.05) is 0 Å². The van der Waals surface area contributed by atoms with Gasteiger partial charge in [0.1, 0.15) is 0 Å². The lowest BCUT2D eigenvalue weighted by Gasteiger charge is -2.32. The molecule has 0 unspecified atom stereocenters. The fraction of sp³-hybridized carbons (Fsp3) is 0.900. The number of hydrogen-bond acceptors (Lipinski definition) is 2. The van der Waals surface area contributed by atoms with Crippen molar-refractivity contribution in [1.29, 1.82) is 0 Å². The average Bonchev–Trinajstić information content (AvgIpc) is 2.17. The van der Waals surface area contributed by atoms with Crippen LogP contribution in [0.3, 0.4) is 0 Å². The maximum absolute atomic E-state index is 11.2. The second-order valence-electron chi connectivity index (χ2n) is 4.16. The van der Waals surface area contributed by atoms with Crippen LogP contribution in [-0.2, 0) is 4.74 Å². The molecule has 1 rings (SSSR count). The van der Waals surface area contributed by atoms with Crippen molar-refractivity contribution in [2.24, 2.45) is 5.92 Å². The number of carbonyl (C=O) groups is 1. The van der Waals surface area contributed by atoms with Crippen molar-refractivity contribution >= 4 is 17.0 Å².